The summed E-state index contributed by atoms with van der Waals surface area (Å²) in [5, 5.41) is 3.37. The average molecular weight is 363 g/mol. The maximum absolute atomic E-state index is 13.4. The summed E-state index contributed by atoms with van der Waals surface area (Å²) < 4.78 is 26.8. The zero-order valence-corrected chi connectivity index (χ0v) is 15.3. The minimum atomic E-state index is -3.58. The highest BCUT2D eigenvalue weighted by atomic mass is 32.2. The van der Waals surface area contributed by atoms with E-state index in [9.17, 15) is 8.42 Å². The van der Waals surface area contributed by atoms with Crippen LogP contribution < -0.4 is 5.32 Å². The van der Waals surface area contributed by atoms with E-state index < -0.39 is 9.84 Å². The van der Waals surface area contributed by atoms with Gasteiger partial charge >= 0.3 is 0 Å². The predicted molar refractivity (Wildman–Crippen MR) is 104 cm³/mol. The number of hydrogen-bond acceptors (Lipinski definition) is 3. The van der Waals surface area contributed by atoms with Crippen LogP contribution in [0.5, 0.6) is 0 Å². The zero-order chi connectivity index (χ0) is 18.0. The molecular formula is C22H21NO2S. The average Bonchev–Trinajstić information content (AvgIpc) is 2.93. The van der Waals surface area contributed by atoms with Gasteiger partial charge in [-0.2, -0.15) is 0 Å². The smallest absolute Gasteiger partial charge is 0.207 e. The van der Waals surface area contributed by atoms with Crippen LogP contribution in [-0.4, -0.2) is 21.5 Å². The van der Waals surface area contributed by atoms with E-state index in [0.29, 0.717) is 9.79 Å². The Balaban J connectivity index is 1.83. The predicted octanol–water partition coefficient (Wildman–Crippen LogP) is 3.87. The minimum Gasteiger partial charge on any atom is -0.316 e. The summed E-state index contributed by atoms with van der Waals surface area (Å²) in [6.45, 7) is 1.83. The van der Waals surface area contributed by atoms with Gasteiger partial charge in [0.25, 0.3) is 0 Å². The first-order valence-corrected chi connectivity index (χ1v) is 10.4. The van der Waals surface area contributed by atoms with Gasteiger partial charge in [0.05, 0.1) is 9.79 Å². The molecule has 26 heavy (non-hydrogen) atoms. The van der Waals surface area contributed by atoms with E-state index in [-0.39, 0.29) is 0 Å². The Bertz CT molecular complexity index is 1030. The monoisotopic (exact) mass is 363 g/mol. The summed E-state index contributed by atoms with van der Waals surface area (Å²) in [6, 6.07) is 22.5. The van der Waals surface area contributed by atoms with Gasteiger partial charge in [-0.15, -0.1) is 0 Å². The Kier molecular flexibility index (Phi) is 4.62. The number of nitrogens with one attached hydrogen (secondary N) is 1. The third-order valence-corrected chi connectivity index (χ3v) is 6.70. The first-order chi connectivity index (χ1) is 12.7. The van der Waals surface area contributed by atoms with Crippen LogP contribution >= 0.6 is 0 Å². The molecule has 0 amide bonds. The normalized spacial score (nSPS) is 14.5. The van der Waals surface area contributed by atoms with Crippen LogP contribution in [0.25, 0.3) is 11.1 Å². The van der Waals surface area contributed by atoms with Crippen molar-refractivity contribution in [3.63, 3.8) is 0 Å². The second-order valence-corrected chi connectivity index (χ2v) is 8.46. The van der Waals surface area contributed by atoms with E-state index in [0.717, 1.165) is 42.6 Å². The van der Waals surface area contributed by atoms with Crippen LogP contribution in [0.3, 0.4) is 0 Å². The maximum Gasteiger partial charge on any atom is 0.207 e. The van der Waals surface area contributed by atoms with E-state index in [1.165, 1.54) is 5.56 Å². The quantitative estimate of drug-likeness (QED) is 0.768. The lowest BCUT2D eigenvalue weighted by molar-refractivity contribution is 0.596. The van der Waals surface area contributed by atoms with Crippen LogP contribution in [0, 0.1) is 0 Å². The van der Waals surface area contributed by atoms with E-state index in [1.54, 1.807) is 18.2 Å². The van der Waals surface area contributed by atoms with Crippen LogP contribution in [0.2, 0.25) is 0 Å². The number of sulfone groups is 1. The van der Waals surface area contributed by atoms with Crippen molar-refractivity contribution < 1.29 is 8.42 Å². The Morgan fingerprint density at radius 3 is 2.23 bits per heavy atom. The van der Waals surface area contributed by atoms with Crippen molar-refractivity contribution in [3.8, 4) is 11.1 Å². The van der Waals surface area contributed by atoms with Crippen molar-refractivity contribution in [2.75, 3.05) is 13.1 Å². The molecule has 1 aliphatic heterocycles. The van der Waals surface area contributed by atoms with E-state index in [2.05, 4.69) is 5.32 Å². The topological polar surface area (TPSA) is 46.2 Å². The Morgan fingerprint density at radius 1 is 0.731 bits per heavy atom. The molecule has 0 radical (unpaired) electrons. The first-order valence-electron chi connectivity index (χ1n) is 8.88. The molecule has 0 aliphatic carbocycles. The van der Waals surface area contributed by atoms with Crippen molar-refractivity contribution in [2.24, 2.45) is 0 Å². The third-order valence-electron chi connectivity index (χ3n) is 4.89. The molecule has 0 unspecified atom stereocenters. The lowest BCUT2D eigenvalue weighted by Crippen LogP contribution is -2.16. The fourth-order valence-corrected chi connectivity index (χ4v) is 5.03. The molecule has 0 saturated heterocycles. The highest BCUT2D eigenvalue weighted by Crippen LogP contribution is 2.32. The van der Waals surface area contributed by atoms with Gasteiger partial charge in [0.15, 0.2) is 0 Å². The van der Waals surface area contributed by atoms with Crippen molar-refractivity contribution in [3.05, 3.63) is 83.9 Å². The first kappa shape index (κ1) is 17.0. The number of hydrogen-bond donors (Lipinski definition) is 1. The molecule has 0 spiro atoms. The van der Waals surface area contributed by atoms with Crippen LogP contribution in [0.1, 0.15) is 11.1 Å². The van der Waals surface area contributed by atoms with Gasteiger partial charge in [-0.3, -0.25) is 0 Å². The Morgan fingerprint density at radius 2 is 1.42 bits per heavy atom. The second-order valence-electron chi connectivity index (χ2n) is 6.55. The summed E-state index contributed by atoms with van der Waals surface area (Å²) >= 11 is 0. The second kappa shape index (κ2) is 7.06. The number of fused-ring (bicyclic) bond motifs is 1. The standard InChI is InChI=1S/C22H21NO2S/c24-26(25,20-11-10-17-12-14-23-15-13-19(17)16-20)22-9-5-4-8-21(22)18-6-2-1-3-7-18/h1-11,16,23H,12-15H2. The fraction of sp³-hybridized carbons (Fsp3) is 0.182. The molecule has 132 valence electrons. The van der Waals surface area contributed by atoms with Gasteiger partial charge < -0.3 is 5.32 Å². The molecule has 0 saturated carbocycles. The molecule has 4 heteroatoms. The molecule has 3 nitrogen and oxygen atoms in total. The Labute approximate surface area is 154 Å². The van der Waals surface area contributed by atoms with Gasteiger partial charge in [0.2, 0.25) is 9.84 Å². The summed E-state index contributed by atoms with van der Waals surface area (Å²) in [7, 11) is -3.58. The third kappa shape index (κ3) is 3.18. The highest BCUT2D eigenvalue weighted by Gasteiger charge is 2.23. The van der Waals surface area contributed by atoms with Crippen LogP contribution in [-0.2, 0) is 22.7 Å². The van der Waals surface area contributed by atoms with E-state index in [4.69, 9.17) is 0 Å². The minimum absolute atomic E-state index is 0.359. The molecule has 3 aromatic carbocycles. The molecule has 0 aromatic heterocycles. The van der Waals surface area contributed by atoms with Crippen molar-refractivity contribution >= 4 is 9.84 Å². The summed E-state index contributed by atoms with van der Waals surface area (Å²) in [5.74, 6) is 0. The fourth-order valence-electron chi connectivity index (χ4n) is 3.50. The number of rotatable bonds is 3. The van der Waals surface area contributed by atoms with Gasteiger partial charge in [0, 0.05) is 5.56 Å². The molecule has 1 aliphatic rings. The SMILES string of the molecule is O=S(=O)(c1ccc2c(c1)CCNCC2)c1ccccc1-c1ccccc1. The van der Waals surface area contributed by atoms with Crippen molar-refractivity contribution in [2.45, 2.75) is 22.6 Å². The van der Waals surface area contributed by atoms with Crippen LogP contribution in [0.4, 0.5) is 0 Å². The van der Waals surface area contributed by atoms with Crippen molar-refractivity contribution in [1.82, 2.24) is 5.32 Å². The van der Waals surface area contributed by atoms with Crippen molar-refractivity contribution in [1.29, 1.82) is 0 Å². The number of benzene rings is 3. The molecule has 4 rings (SSSR count). The summed E-state index contributed by atoms with van der Waals surface area (Å²) in [5.41, 5.74) is 4.02. The molecule has 1 heterocycles. The molecule has 0 atom stereocenters. The zero-order valence-electron chi connectivity index (χ0n) is 14.5. The molecule has 3 aromatic rings. The Hall–Kier alpha value is -2.43. The highest BCUT2D eigenvalue weighted by molar-refractivity contribution is 7.91. The molecule has 0 bridgehead atoms. The van der Waals surface area contributed by atoms with Gasteiger partial charge in [-0.05, 0) is 60.8 Å². The van der Waals surface area contributed by atoms with Gasteiger partial charge in [-0.25, -0.2) is 8.42 Å². The molecule has 0 fully saturated rings. The lowest BCUT2D eigenvalue weighted by atomic mass is 10.0. The lowest BCUT2D eigenvalue weighted by Gasteiger charge is -2.13. The van der Waals surface area contributed by atoms with E-state index >= 15 is 0 Å². The molecular weight excluding hydrogens is 342 g/mol. The maximum atomic E-state index is 13.4. The van der Waals surface area contributed by atoms with E-state index in [1.807, 2.05) is 54.6 Å². The largest absolute Gasteiger partial charge is 0.316 e. The summed E-state index contributed by atoms with van der Waals surface area (Å²) in [6.07, 6.45) is 1.80. The summed E-state index contributed by atoms with van der Waals surface area (Å²) in [4.78, 5) is 0.736. The van der Waals surface area contributed by atoms with Gasteiger partial charge in [0.1, 0.15) is 0 Å². The van der Waals surface area contributed by atoms with Gasteiger partial charge in [-0.1, -0.05) is 54.6 Å². The van der Waals surface area contributed by atoms with Crippen LogP contribution in [0.15, 0.2) is 82.6 Å². The molecule has 1 N–H and O–H groups in total.